The highest BCUT2D eigenvalue weighted by Crippen LogP contribution is 2.27. The number of rotatable bonds is 7. The molecule has 3 rings (SSSR count). The maximum absolute atomic E-state index is 12.9. The summed E-state index contributed by atoms with van der Waals surface area (Å²) < 4.78 is 45.0. The van der Waals surface area contributed by atoms with Crippen LogP contribution in [0.4, 0.5) is 13.2 Å². The number of nitrogens with zero attached hydrogens (tertiary/aromatic N) is 4. The quantitative estimate of drug-likeness (QED) is 0.400. The van der Waals surface area contributed by atoms with Gasteiger partial charge in [0.05, 0.1) is 0 Å². The molecule has 7 nitrogen and oxygen atoms in total. The molecule has 0 spiro atoms. The van der Waals surface area contributed by atoms with Gasteiger partial charge in [-0.25, -0.2) is 9.50 Å². The van der Waals surface area contributed by atoms with Crippen LogP contribution in [0.5, 0.6) is 0 Å². The van der Waals surface area contributed by atoms with Crippen LogP contribution in [-0.4, -0.2) is 37.4 Å². The minimum atomic E-state index is -4.68. The Bertz CT molecular complexity index is 1150. The molecule has 1 unspecified atom stereocenters. The summed E-state index contributed by atoms with van der Waals surface area (Å²) >= 11 is 0. The van der Waals surface area contributed by atoms with Gasteiger partial charge >= 0.3 is 12.1 Å². The molecule has 0 aliphatic heterocycles. The number of aromatic nitrogens is 4. The molecule has 0 saturated heterocycles. The molecule has 0 aliphatic rings. The van der Waals surface area contributed by atoms with E-state index in [0.29, 0.717) is 22.5 Å². The Balaban J connectivity index is 1.67. The lowest BCUT2D eigenvalue weighted by molar-refractivity contribution is -0.146. The summed E-state index contributed by atoms with van der Waals surface area (Å²) in [6.45, 7) is 6.73. The van der Waals surface area contributed by atoms with Crippen LogP contribution in [0.15, 0.2) is 24.3 Å². The molecule has 2 aromatic heterocycles. The van der Waals surface area contributed by atoms with Crippen molar-refractivity contribution in [1.82, 2.24) is 19.6 Å². The summed E-state index contributed by atoms with van der Waals surface area (Å²) in [5, 5.41) is 3.49. The van der Waals surface area contributed by atoms with Crippen LogP contribution in [0.3, 0.4) is 0 Å². The number of hydrogen-bond acceptors (Lipinski definition) is 6. The van der Waals surface area contributed by atoms with Crippen LogP contribution in [0.25, 0.3) is 5.78 Å². The van der Waals surface area contributed by atoms with E-state index in [1.807, 2.05) is 19.1 Å². The van der Waals surface area contributed by atoms with Crippen LogP contribution >= 0.6 is 0 Å². The lowest BCUT2D eigenvalue weighted by Gasteiger charge is -2.14. The molecule has 0 N–H and O–H groups in total. The molecule has 1 aromatic carbocycles. The van der Waals surface area contributed by atoms with Gasteiger partial charge in [-0.3, -0.25) is 9.59 Å². The summed E-state index contributed by atoms with van der Waals surface area (Å²) in [6.07, 6.45) is -4.68. The molecule has 32 heavy (non-hydrogen) atoms. The van der Waals surface area contributed by atoms with Gasteiger partial charge in [0.2, 0.25) is 5.78 Å². The monoisotopic (exact) mass is 448 g/mol. The molecule has 0 amide bonds. The zero-order chi connectivity index (χ0) is 23.6. The highest BCUT2D eigenvalue weighted by Gasteiger charge is 2.37. The van der Waals surface area contributed by atoms with Crippen molar-refractivity contribution >= 4 is 17.5 Å². The number of carbonyl (C=O) groups excluding carboxylic acids is 2. The Labute approximate surface area is 182 Å². The molecule has 0 radical (unpaired) electrons. The second-order valence-corrected chi connectivity index (χ2v) is 7.45. The first-order chi connectivity index (χ1) is 15.0. The zero-order valence-corrected chi connectivity index (χ0v) is 18.2. The van der Waals surface area contributed by atoms with Crippen molar-refractivity contribution in [1.29, 1.82) is 0 Å². The normalized spacial score (nSPS) is 12.7. The van der Waals surface area contributed by atoms with Crippen LogP contribution in [0.1, 0.15) is 59.0 Å². The van der Waals surface area contributed by atoms with Crippen LogP contribution in [0, 0.1) is 13.8 Å². The number of Topliss-reactive ketones (excluding diaryl/α,β-unsaturated/α-hetero) is 1. The smallest absolute Gasteiger partial charge is 0.453 e. The first kappa shape index (κ1) is 23.4. The van der Waals surface area contributed by atoms with E-state index in [0.717, 1.165) is 16.5 Å². The van der Waals surface area contributed by atoms with Gasteiger partial charge in [0.15, 0.2) is 6.10 Å². The Morgan fingerprint density at radius 3 is 2.38 bits per heavy atom. The molecule has 3 aromatic rings. The average Bonchev–Trinajstić information content (AvgIpc) is 3.17. The van der Waals surface area contributed by atoms with E-state index < -0.39 is 24.1 Å². The van der Waals surface area contributed by atoms with Crippen LogP contribution in [0.2, 0.25) is 0 Å². The predicted molar refractivity (Wildman–Crippen MR) is 109 cm³/mol. The number of hydrogen-bond donors (Lipinski definition) is 0. The molecular weight excluding hydrogens is 425 g/mol. The molecule has 0 bridgehead atoms. The van der Waals surface area contributed by atoms with Gasteiger partial charge in [0.25, 0.3) is 11.6 Å². The number of esters is 1. The summed E-state index contributed by atoms with van der Waals surface area (Å²) in [5.74, 6) is -2.33. The fraction of sp³-hybridized carbons (Fsp3) is 0.409. The molecule has 10 heteroatoms. The SMILES string of the molecule is CCc1ccc(C(=O)C(C)OC(=O)CCc2c(C)nc3nc(C(F)(F)F)nn3c2C)cc1. The molecule has 0 saturated carbocycles. The van der Waals surface area contributed by atoms with E-state index in [4.69, 9.17) is 4.74 Å². The number of carbonyl (C=O) groups is 2. The van der Waals surface area contributed by atoms with Crippen molar-refractivity contribution in [3.8, 4) is 0 Å². The first-order valence-electron chi connectivity index (χ1n) is 10.1. The third-order valence-corrected chi connectivity index (χ3v) is 5.21. The van der Waals surface area contributed by atoms with E-state index in [1.165, 1.54) is 6.92 Å². The Hall–Kier alpha value is -3.30. The number of ether oxygens (including phenoxy) is 1. The van der Waals surface area contributed by atoms with Crippen LogP contribution < -0.4 is 0 Å². The van der Waals surface area contributed by atoms with E-state index in [1.54, 1.807) is 26.0 Å². The number of halogens is 3. The van der Waals surface area contributed by atoms with Crippen molar-refractivity contribution in [2.45, 2.75) is 59.2 Å². The van der Waals surface area contributed by atoms with E-state index >= 15 is 0 Å². The second kappa shape index (κ2) is 9.05. The van der Waals surface area contributed by atoms with Crippen molar-refractivity contribution in [3.63, 3.8) is 0 Å². The summed E-state index contributed by atoms with van der Waals surface area (Å²) in [7, 11) is 0. The van der Waals surface area contributed by atoms with Gasteiger partial charge in [-0.05, 0) is 44.7 Å². The Morgan fingerprint density at radius 1 is 1.12 bits per heavy atom. The maximum Gasteiger partial charge on any atom is 0.453 e. The van der Waals surface area contributed by atoms with E-state index in [9.17, 15) is 22.8 Å². The largest absolute Gasteiger partial charge is 0.454 e. The van der Waals surface area contributed by atoms with Crippen molar-refractivity contribution < 1.29 is 27.5 Å². The van der Waals surface area contributed by atoms with Gasteiger partial charge < -0.3 is 4.74 Å². The molecule has 1 atom stereocenters. The Kier molecular flexibility index (Phi) is 6.61. The van der Waals surface area contributed by atoms with Crippen molar-refractivity contribution in [3.05, 3.63) is 58.2 Å². The van der Waals surface area contributed by atoms with Crippen molar-refractivity contribution in [2.24, 2.45) is 0 Å². The number of aryl methyl sites for hydroxylation is 3. The molecule has 0 aliphatic carbocycles. The standard InChI is InChI=1S/C22H23F3N4O3/c1-5-15-6-8-16(9-7-15)19(31)14(4)32-18(30)11-10-17-12(2)26-21-27-20(22(23,24)25)28-29(21)13(17)3/h6-9,14H,5,10-11H2,1-4H3. The maximum atomic E-state index is 12.9. The first-order valence-corrected chi connectivity index (χ1v) is 10.1. The van der Waals surface area contributed by atoms with E-state index in [-0.39, 0.29) is 24.4 Å². The number of benzene rings is 1. The zero-order valence-electron chi connectivity index (χ0n) is 18.2. The molecule has 0 fully saturated rings. The molecular formula is C22H23F3N4O3. The number of alkyl halides is 3. The second-order valence-electron chi connectivity index (χ2n) is 7.45. The number of ketones is 1. The molecule has 2 heterocycles. The fourth-order valence-corrected chi connectivity index (χ4v) is 3.37. The van der Waals surface area contributed by atoms with Crippen LogP contribution in [-0.2, 0) is 28.5 Å². The van der Waals surface area contributed by atoms with Gasteiger partial charge in [-0.2, -0.15) is 18.2 Å². The number of fused-ring (bicyclic) bond motifs is 1. The fourth-order valence-electron chi connectivity index (χ4n) is 3.37. The third-order valence-electron chi connectivity index (χ3n) is 5.21. The summed E-state index contributed by atoms with van der Waals surface area (Å²) in [4.78, 5) is 32.3. The van der Waals surface area contributed by atoms with Gasteiger partial charge in [0, 0.05) is 23.4 Å². The predicted octanol–water partition coefficient (Wildman–Crippen LogP) is 4.07. The average molecular weight is 448 g/mol. The highest BCUT2D eigenvalue weighted by atomic mass is 19.4. The van der Waals surface area contributed by atoms with Gasteiger partial charge in [0.1, 0.15) is 0 Å². The van der Waals surface area contributed by atoms with Gasteiger partial charge in [-0.1, -0.05) is 31.2 Å². The lowest BCUT2D eigenvalue weighted by Crippen LogP contribution is -2.24. The summed E-state index contributed by atoms with van der Waals surface area (Å²) in [5.41, 5.74) is 2.97. The van der Waals surface area contributed by atoms with Crippen molar-refractivity contribution in [2.75, 3.05) is 0 Å². The van der Waals surface area contributed by atoms with Gasteiger partial charge in [-0.15, -0.1) is 5.10 Å². The Morgan fingerprint density at radius 2 is 1.78 bits per heavy atom. The lowest BCUT2D eigenvalue weighted by atomic mass is 10.0. The third kappa shape index (κ3) is 4.95. The topological polar surface area (TPSA) is 86.5 Å². The van der Waals surface area contributed by atoms with E-state index in [2.05, 4.69) is 15.1 Å². The highest BCUT2D eigenvalue weighted by molar-refractivity contribution is 6.00. The summed E-state index contributed by atoms with van der Waals surface area (Å²) in [6, 6.07) is 7.11. The minimum absolute atomic E-state index is 0.0674. The minimum Gasteiger partial charge on any atom is -0.454 e. The molecule has 170 valence electrons.